The van der Waals surface area contributed by atoms with Gasteiger partial charge in [-0.3, -0.25) is 9.48 Å². The quantitative estimate of drug-likeness (QED) is 0.380. The summed E-state index contributed by atoms with van der Waals surface area (Å²) in [7, 11) is 0. The Morgan fingerprint density at radius 1 is 1.26 bits per heavy atom. The molecule has 5 nitrogen and oxygen atoms in total. The third kappa shape index (κ3) is 4.62. The molecule has 140 valence electrons. The zero-order valence-electron chi connectivity index (χ0n) is 14.9. The van der Waals surface area contributed by atoms with E-state index in [1.807, 2.05) is 13.8 Å². The van der Waals surface area contributed by atoms with Crippen LogP contribution in [0.2, 0.25) is 10.0 Å². The summed E-state index contributed by atoms with van der Waals surface area (Å²) in [5, 5.41) is 5.14. The number of halogens is 2. The van der Waals surface area contributed by atoms with Crippen LogP contribution in [0.25, 0.3) is 6.08 Å². The van der Waals surface area contributed by atoms with Gasteiger partial charge >= 0.3 is 0 Å². The highest BCUT2D eigenvalue weighted by atomic mass is 35.5. The Morgan fingerprint density at radius 3 is 2.67 bits per heavy atom. The van der Waals surface area contributed by atoms with Gasteiger partial charge in [0.05, 0.1) is 21.3 Å². The normalized spacial score (nSPS) is 11.3. The number of aryl methyl sites for hydroxylation is 2. The van der Waals surface area contributed by atoms with Gasteiger partial charge in [-0.15, -0.1) is 0 Å². The number of ketones is 1. The van der Waals surface area contributed by atoms with Crippen LogP contribution in [0.4, 0.5) is 0 Å². The van der Waals surface area contributed by atoms with E-state index in [1.54, 1.807) is 47.3 Å². The minimum absolute atomic E-state index is 0.121. The number of carbonyl (C=O) groups is 1. The summed E-state index contributed by atoms with van der Waals surface area (Å²) in [6, 6.07) is 8.69. The maximum atomic E-state index is 12.3. The van der Waals surface area contributed by atoms with Gasteiger partial charge in [-0.2, -0.15) is 5.10 Å². The number of benzene rings is 1. The third-order valence-corrected chi connectivity index (χ3v) is 4.49. The number of aromatic nitrogens is 2. The zero-order valence-corrected chi connectivity index (χ0v) is 16.4. The number of hydrogen-bond acceptors (Lipinski definition) is 4. The minimum atomic E-state index is -0.121. The van der Waals surface area contributed by atoms with Crippen molar-refractivity contribution in [3.63, 3.8) is 0 Å². The molecule has 0 bridgehead atoms. The molecule has 3 aromatic rings. The zero-order chi connectivity index (χ0) is 19.4. The Morgan fingerprint density at radius 2 is 2.00 bits per heavy atom. The third-order valence-electron chi connectivity index (χ3n) is 3.89. The second-order valence-corrected chi connectivity index (χ2v) is 6.64. The van der Waals surface area contributed by atoms with Crippen molar-refractivity contribution in [2.75, 3.05) is 0 Å². The number of nitrogens with zero attached hydrogens (tertiary/aromatic N) is 2. The number of rotatable bonds is 7. The van der Waals surface area contributed by atoms with E-state index in [1.165, 1.54) is 6.08 Å². The summed E-state index contributed by atoms with van der Waals surface area (Å²) in [6.07, 6.45) is 4.84. The lowest BCUT2D eigenvalue weighted by Crippen LogP contribution is -1.95. The van der Waals surface area contributed by atoms with Gasteiger partial charge < -0.3 is 9.15 Å². The molecule has 0 saturated heterocycles. The topological polar surface area (TPSA) is 57.3 Å². The Hall–Kier alpha value is -2.50. The molecule has 0 N–H and O–H groups in total. The Balaban J connectivity index is 1.64. The maximum absolute atomic E-state index is 12.3. The number of carbonyl (C=O) groups excluding carboxylic acids is 1. The monoisotopic (exact) mass is 404 g/mol. The molecule has 0 spiro atoms. The molecule has 0 amide bonds. The van der Waals surface area contributed by atoms with Crippen LogP contribution in [0, 0.1) is 6.92 Å². The fourth-order valence-electron chi connectivity index (χ4n) is 2.49. The highest BCUT2D eigenvalue weighted by Crippen LogP contribution is 2.33. The second kappa shape index (κ2) is 8.46. The van der Waals surface area contributed by atoms with Gasteiger partial charge in [-0.25, -0.2) is 0 Å². The molecule has 0 aliphatic carbocycles. The molecule has 27 heavy (non-hydrogen) atoms. The second-order valence-electron chi connectivity index (χ2n) is 5.82. The van der Waals surface area contributed by atoms with E-state index in [4.69, 9.17) is 32.4 Å². The maximum Gasteiger partial charge on any atom is 0.189 e. The molecular formula is C20H18Cl2N2O3. The SMILES string of the molecule is CCn1cc(C(=O)/C=C/c2ccc(COc3c(Cl)cccc3Cl)o2)c(C)n1. The summed E-state index contributed by atoms with van der Waals surface area (Å²) >= 11 is 12.1. The summed E-state index contributed by atoms with van der Waals surface area (Å²) in [5.74, 6) is 1.43. The van der Waals surface area contributed by atoms with Gasteiger partial charge in [-0.05, 0) is 50.3 Å². The van der Waals surface area contributed by atoms with Crippen molar-refractivity contribution in [1.82, 2.24) is 9.78 Å². The standard InChI is InChI=1S/C20H18Cl2N2O3/c1-3-24-11-16(13(2)23-24)19(25)10-9-14-7-8-15(27-14)12-26-20-17(21)5-4-6-18(20)22/h4-11H,3,12H2,1-2H3/b10-9+. The van der Waals surface area contributed by atoms with Crippen LogP contribution >= 0.6 is 23.2 Å². The van der Waals surface area contributed by atoms with Crippen LogP contribution in [0.15, 0.2) is 47.0 Å². The molecule has 0 aliphatic rings. The Labute approximate surface area is 167 Å². The first-order chi connectivity index (χ1) is 13.0. The molecular weight excluding hydrogens is 387 g/mol. The fourth-order valence-corrected chi connectivity index (χ4v) is 3.00. The largest absolute Gasteiger partial charge is 0.483 e. The smallest absolute Gasteiger partial charge is 0.189 e. The molecule has 0 unspecified atom stereocenters. The lowest BCUT2D eigenvalue weighted by atomic mass is 10.1. The van der Waals surface area contributed by atoms with Gasteiger partial charge in [0.15, 0.2) is 11.5 Å². The highest BCUT2D eigenvalue weighted by Gasteiger charge is 2.11. The lowest BCUT2D eigenvalue weighted by Gasteiger charge is -2.07. The molecule has 0 aliphatic heterocycles. The van der Waals surface area contributed by atoms with Crippen LogP contribution < -0.4 is 4.74 Å². The van der Waals surface area contributed by atoms with Crippen molar-refractivity contribution in [2.45, 2.75) is 27.0 Å². The molecule has 0 fully saturated rings. The molecule has 0 saturated carbocycles. The molecule has 3 rings (SSSR count). The van der Waals surface area contributed by atoms with Crippen LogP contribution in [0.1, 0.15) is 34.5 Å². The van der Waals surface area contributed by atoms with Crippen LogP contribution in [-0.4, -0.2) is 15.6 Å². The molecule has 1 aromatic carbocycles. The van der Waals surface area contributed by atoms with Crippen molar-refractivity contribution in [1.29, 1.82) is 0 Å². The van der Waals surface area contributed by atoms with Crippen molar-refractivity contribution < 1.29 is 13.9 Å². The average Bonchev–Trinajstić information content (AvgIpc) is 3.25. The van der Waals surface area contributed by atoms with E-state index in [0.29, 0.717) is 38.6 Å². The first-order valence-electron chi connectivity index (χ1n) is 8.40. The van der Waals surface area contributed by atoms with E-state index in [9.17, 15) is 4.79 Å². The van der Waals surface area contributed by atoms with Crippen molar-refractivity contribution in [2.24, 2.45) is 0 Å². The Kier molecular flexibility index (Phi) is 6.04. The van der Waals surface area contributed by atoms with Crippen LogP contribution in [-0.2, 0) is 13.2 Å². The van der Waals surface area contributed by atoms with E-state index < -0.39 is 0 Å². The van der Waals surface area contributed by atoms with Crippen molar-refractivity contribution >= 4 is 35.1 Å². The number of allylic oxidation sites excluding steroid dienone is 1. The first-order valence-corrected chi connectivity index (χ1v) is 9.15. The molecule has 7 heteroatoms. The average molecular weight is 405 g/mol. The van der Waals surface area contributed by atoms with Gasteiger partial charge in [0.1, 0.15) is 18.1 Å². The summed E-state index contributed by atoms with van der Waals surface area (Å²) in [5.41, 5.74) is 1.29. The minimum Gasteiger partial charge on any atom is -0.483 e. The predicted octanol–water partition coefficient (Wildman–Crippen LogP) is 5.59. The van der Waals surface area contributed by atoms with Crippen molar-refractivity contribution in [3.05, 3.63) is 75.4 Å². The van der Waals surface area contributed by atoms with Gasteiger partial charge in [0.2, 0.25) is 0 Å². The summed E-state index contributed by atoms with van der Waals surface area (Å²) < 4.78 is 13.0. The fraction of sp³-hybridized carbons (Fsp3) is 0.200. The van der Waals surface area contributed by atoms with E-state index in [2.05, 4.69) is 5.10 Å². The van der Waals surface area contributed by atoms with E-state index in [-0.39, 0.29) is 12.4 Å². The van der Waals surface area contributed by atoms with Gasteiger partial charge in [-0.1, -0.05) is 29.3 Å². The lowest BCUT2D eigenvalue weighted by molar-refractivity contribution is 0.104. The molecule has 2 aromatic heterocycles. The summed E-state index contributed by atoms with van der Waals surface area (Å²) in [6.45, 7) is 4.68. The summed E-state index contributed by atoms with van der Waals surface area (Å²) in [4.78, 5) is 12.3. The van der Waals surface area contributed by atoms with Crippen molar-refractivity contribution in [3.8, 4) is 5.75 Å². The first kappa shape index (κ1) is 19.3. The number of ether oxygens (including phenoxy) is 1. The number of furan rings is 1. The van der Waals surface area contributed by atoms with Gasteiger partial charge in [0.25, 0.3) is 0 Å². The highest BCUT2D eigenvalue weighted by molar-refractivity contribution is 6.37. The Bertz CT molecular complexity index is 969. The molecule has 2 heterocycles. The molecule has 0 atom stereocenters. The van der Waals surface area contributed by atoms with Gasteiger partial charge in [0, 0.05) is 12.7 Å². The van der Waals surface area contributed by atoms with E-state index >= 15 is 0 Å². The van der Waals surface area contributed by atoms with Crippen LogP contribution in [0.3, 0.4) is 0 Å². The number of para-hydroxylation sites is 1. The molecule has 0 radical (unpaired) electrons. The number of hydrogen-bond donors (Lipinski definition) is 0. The predicted molar refractivity (Wildman–Crippen MR) is 106 cm³/mol. The van der Waals surface area contributed by atoms with E-state index in [0.717, 1.165) is 6.54 Å². The van der Waals surface area contributed by atoms with Crippen LogP contribution in [0.5, 0.6) is 5.75 Å².